The molecule has 0 fully saturated rings. The van der Waals surface area contributed by atoms with Gasteiger partial charge in [0, 0.05) is 16.7 Å². The number of benzene rings is 2. The molecule has 0 saturated heterocycles. The van der Waals surface area contributed by atoms with Gasteiger partial charge >= 0.3 is 24.3 Å². The van der Waals surface area contributed by atoms with Crippen LogP contribution in [0.4, 0.5) is 26.3 Å². The molecular formula is C32H31Cl3F6O7. The van der Waals surface area contributed by atoms with Crippen LogP contribution in [0.1, 0.15) is 69.4 Å². The Morgan fingerprint density at radius 3 is 1.60 bits per heavy atom. The molecule has 0 saturated carbocycles. The number of aliphatic carboxylic acids is 2. The number of alkyl halides is 6. The molecule has 264 valence electrons. The van der Waals surface area contributed by atoms with E-state index in [2.05, 4.69) is 0 Å². The van der Waals surface area contributed by atoms with Crippen LogP contribution in [0.15, 0.2) is 17.2 Å². The Bertz CT molecular complexity index is 1720. The average molecular weight is 748 g/mol. The Morgan fingerprint density at radius 1 is 0.750 bits per heavy atom. The molecule has 16 heteroatoms. The lowest BCUT2D eigenvalue weighted by atomic mass is 9.82. The first-order valence-electron chi connectivity index (χ1n) is 13.9. The standard InChI is InChI=1S/C16H15Cl2F3O4.C16H16ClF3O3/c1-15(2,3)8-10(18)11-6(9(17)12(8)24-4)5-7(14(22)23)13(25-11)16(19,20)21;1-7-10(15(2,3)4)6-11-8(12(7)17)5-9(14(21)22)13(23-11)16(18,19)20/h5,13H,1-4H3,(H,22,23);5-6,13H,1-4H3,(H,21,22). The highest BCUT2D eigenvalue weighted by atomic mass is 35.5. The topological polar surface area (TPSA) is 102 Å². The van der Waals surface area contributed by atoms with Crippen LogP contribution in [0.5, 0.6) is 17.2 Å². The normalized spacial score (nSPS) is 17.8. The maximum absolute atomic E-state index is 13.2. The van der Waals surface area contributed by atoms with Gasteiger partial charge in [0.25, 0.3) is 0 Å². The zero-order valence-corrected chi connectivity index (χ0v) is 29.0. The van der Waals surface area contributed by atoms with Gasteiger partial charge < -0.3 is 24.4 Å². The molecule has 2 aliphatic rings. The van der Waals surface area contributed by atoms with E-state index in [-0.39, 0.29) is 48.9 Å². The van der Waals surface area contributed by atoms with E-state index in [0.717, 1.165) is 17.7 Å². The van der Waals surface area contributed by atoms with Crippen LogP contribution in [0.25, 0.3) is 12.2 Å². The summed E-state index contributed by atoms with van der Waals surface area (Å²) in [5, 5.41) is 18.2. The van der Waals surface area contributed by atoms with E-state index in [1.54, 1.807) is 27.7 Å². The first-order valence-corrected chi connectivity index (χ1v) is 15.1. The number of carbonyl (C=O) groups is 2. The number of carboxylic acid groups (broad SMARTS) is 2. The van der Waals surface area contributed by atoms with Gasteiger partial charge in [-0.2, -0.15) is 26.3 Å². The van der Waals surface area contributed by atoms with Crippen molar-refractivity contribution in [3.05, 3.63) is 60.1 Å². The zero-order valence-electron chi connectivity index (χ0n) is 26.7. The number of rotatable bonds is 3. The SMILES string of the molecule is COc1c(Cl)c2c(c(Cl)c1C(C)(C)C)OC(C(F)(F)F)C(C(=O)O)=C2.Cc1c(C(C)(C)C)cc2c(c1Cl)C=C(C(=O)O)C(C(F)(F)F)O2. The maximum Gasteiger partial charge on any atom is 0.430 e. The van der Waals surface area contributed by atoms with Gasteiger partial charge in [-0.15, -0.1) is 0 Å². The third-order valence-corrected chi connectivity index (χ3v) is 8.56. The van der Waals surface area contributed by atoms with E-state index in [1.165, 1.54) is 13.2 Å². The highest BCUT2D eigenvalue weighted by molar-refractivity contribution is 6.38. The molecule has 2 unspecified atom stereocenters. The number of hydrogen-bond acceptors (Lipinski definition) is 5. The van der Waals surface area contributed by atoms with Crippen LogP contribution in [0.2, 0.25) is 15.1 Å². The van der Waals surface area contributed by atoms with Gasteiger partial charge in [0.1, 0.15) is 17.2 Å². The smallest absolute Gasteiger partial charge is 0.430 e. The first-order chi connectivity index (χ1) is 21.6. The molecule has 48 heavy (non-hydrogen) atoms. The minimum Gasteiger partial charge on any atom is -0.495 e. The van der Waals surface area contributed by atoms with E-state index in [4.69, 9.17) is 59.2 Å². The third-order valence-electron chi connectivity index (χ3n) is 7.33. The van der Waals surface area contributed by atoms with Gasteiger partial charge in [-0.05, 0) is 47.1 Å². The van der Waals surface area contributed by atoms with Crippen molar-refractivity contribution in [2.45, 2.75) is 83.9 Å². The molecule has 2 aliphatic heterocycles. The van der Waals surface area contributed by atoms with Crippen molar-refractivity contribution < 1.29 is 60.4 Å². The summed E-state index contributed by atoms with van der Waals surface area (Å²) in [6.07, 6.45) is -13.2. The Labute approximate surface area is 287 Å². The molecule has 0 spiro atoms. The largest absolute Gasteiger partial charge is 0.495 e. The van der Waals surface area contributed by atoms with Gasteiger partial charge in [-0.25, -0.2) is 9.59 Å². The van der Waals surface area contributed by atoms with Crippen LogP contribution in [-0.2, 0) is 20.4 Å². The monoisotopic (exact) mass is 746 g/mol. The predicted molar refractivity (Wildman–Crippen MR) is 169 cm³/mol. The molecule has 2 aromatic rings. The van der Waals surface area contributed by atoms with Crippen LogP contribution in [0, 0.1) is 6.92 Å². The lowest BCUT2D eigenvalue weighted by molar-refractivity contribution is -0.187. The molecule has 2 aromatic carbocycles. The highest BCUT2D eigenvalue weighted by Gasteiger charge is 2.50. The van der Waals surface area contributed by atoms with Gasteiger partial charge in [0.05, 0.1) is 33.3 Å². The lowest BCUT2D eigenvalue weighted by Gasteiger charge is -2.32. The summed E-state index contributed by atoms with van der Waals surface area (Å²) in [6, 6.07) is 1.50. The van der Waals surface area contributed by atoms with Crippen LogP contribution >= 0.6 is 34.8 Å². The second-order valence-corrected chi connectivity index (χ2v) is 14.1. The molecule has 0 radical (unpaired) electrons. The van der Waals surface area contributed by atoms with Crippen LogP contribution in [0.3, 0.4) is 0 Å². The molecule has 4 rings (SSSR count). The minimum absolute atomic E-state index is 0.0575. The Hall–Kier alpha value is -3.29. The molecule has 2 atom stereocenters. The van der Waals surface area contributed by atoms with E-state index in [9.17, 15) is 35.9 Å². The third kappa shape index (κ3) is 7.63. The molecule has 0 aliphatic carbocycles. The number of methoxy groups -OCH3 is 1. The number of carboxylic acids is 2. The molecule has 0 aromatic heterocycles. The quantitative estimate of drug-likeness (QED) is 0.302. The Kier molecular flexibility index (Phi) is 10.8. The Balaban J connectivity index is 0.000000261. The van der Waals surface area contributed by atoms with Crippen molar-refractivity contribution in [3.63, 3.8) is 0 Å². The zero-order chi connectivity index (χ0) is 37.1. The minimum atomic E-state index is -4.93. The summed E-state index contributed by atoms with van der Waals surface area (Å²) in [7, 11) is 1.34. The van der Waals surface area contributed by atoms with Gasteiger partial charge in [0.15, 0.2) is 0 Å². The van der Waals surface area contributed by atoms with Crippen LogP contribution in [-0.4, -0.2) is 53.8 Å². The summed E-state index contributed by atoms with van der Waals surface area (Å²) in [6.45, 7) is 12.8. The molecular weight excluding hydrogens is 717 g/mol. The number of ether oxygens (including phenoxy) is 3. The molecule has 0 bridgehead atoms. The Morgan fingerprint density at radius 2 is 1.21 bits per heavy atom. The van der Waals surface area contributed by atoms with Gasteiger partial charge in [-0.1, -0.05) is 76.3 Å². The second kappa shape index (κ2) is 13.2. The molecule has 7 nitrogen and oxygen atoms in total. The second-order valence-electron chi connectivity index (χ2n) is 12.9. The van der Waals surface area contributed by atoms with Crippen molar-refractivity contribution in [2.24, 2.45) is 0 Å². The fraction of sp³-hybridized carbons (Fsp3) is 0.438. The first kappa shape index (κ1) is 39.2. The molecule has 2 heterocycles. The van der Waals surface area contributed by atoms with Crippen molar-refractivity contribution in [3.8, 4) is 17.2 Å². The van der Waals surface area contributed by atoms with Crippen LogP contribution < -0.4 is 14.2 Å². The molecule has 0 amide bonds. The number of halogens is 9. The highest BCUT2D eigenvalue weighted by Crippen LogP contribution is 2.53. The van der Waals surface area contributed by atoms with E-state index < -0.39 is 53.1 Å². The number of hydrogen-bond donors (Lipinski definition) is 2. The summed E-state index contributed by atoms with van der Waals surface area (Å²) in [5.74, 6) is -3.67. The molecule has 2 N–H and O–H groups in total. The predicted octanol–water partition coefficient (Wildman–Crippen LogP) is 9.83. The van der Waals surface area contributed by atoms with E-state index in [1.807, 2.05) is 20.8 Å². The summed E-state index contributed by atoms with van der Waals surface area (Å²) >= 11 is 18.8. The van der Waals surface area contributed by atoms with Gasteiger partial charge in [0.2, 0.25) is 12.2 Å². The van der Waals surface area contributed by atoms with Crippen molar-refractivity contribution in [1.29, 1.82) is 0 Å². The summed E-state index contributed by atoms with van der Waals surface area (Å²) in [4.78, 5) is 22.4. The van der Waals surface area contributed by atoms with E-state index >= 15 is 0 Å². The van der Waals surface area contributed by atoms with E-state index in [0.29, 0.717) is 11.1 Å². The van der Waals surface area contributed by atoms with Crippen molar-refractivity contribution >= 4 is 58.9 Å². The lowest BCUT2D eigenvalue weighted by Crippen LogP contribution is -2.40. The van der Waals surface area contributed by atoms with Gasteiger partial charge in [-0.3, -0.25) is 0 Å². The summed E-state index contributed by atoms with van der Waals surface area (Å²) < 4.78 is 94.2. The average Bonchev–Trinajstić information content (AvgIpc) is 2.93. The number of fused-ring (bicyclic) bond motifs is 2. The van der Waals surface area contributed by atoms with Crippen molar-refractivity contribution in [2.75, 3.05) is 7.11 Å². The fourth-order valence-corrected chi connectivity index (χ4v) is 6.27. The fourth-order valence-electron chi connectivity index (χ4n) is 5.19. The summed E-state index contributed by atoms with van der Waals surface area (Å²) in [5.41, 5.74) is -0.926. The maximum atomic E-state index is 13.2. The van der Waals surface area contributed by atoms with Crippen molar-refractivity contribution in [1.82, 2.24) is 0 Å².